The van der Waals surface area contributed by atoms with E-state index in [9.17, 15) is 9.59 Å². The molecule has 0 aliphatic carbocycles. The molecule has 0 aliphatic heterocycles. The number of hydrogen-bond acceptors (Lipinski definition) is 5. The van der Waals surface area contributed by atoms with E-state index in [1.807, 2.05) is 20.8 Å². The summed E-state index contributed by atoms with van der Waals surface area (Å²) >= 11 is 1.19. The average molecular weight is 308 g/mol. The molecule has 0 fully saturated rings. The zero-order chi connectivity index (χ0) is 15.6. The van der Waals surface area contributed by atoms with Gasteiger partial charge in [0.25, 0.3) is 0 Å². The Hall–Kier alpha value is -2.15. The standard InChI is InChI=1S/C14H16N2O4S/c1-7(13-8(2)16-20-9(13)3)4-11(17)15-12-5-10(6-21-12)14(18)19/h5-7H,4H2,1-3H3,(H,15,17)(H,18,19). The Morgan fingerprint density at radius 3 is 2.71 bits per heavy atom. The molecule has 0 radical (unpaired) electrons. The number of carboxylic acids is 1. The molecule has 21 heavy (non-hydrogen) atoms. The van der Waals surface area contributed by atoms with Gasteiger partial charge in [-0.05, 0) is 25.8 Å². The fourth-order valence-corrected chi connectivity index (χ4v) is 3.07. The van der Waals surface area contributed by atoms with Crippen LogP contribution in [0.2, 0.25) is 0 Å². The smallest absolute Gasteiger partial charge is 0.336 e. The van der Waals surface area contributed by atoms with Crippen LogP contribution >= 0.6 is 11.3 Å². The van der Waals surface area contributed by atoms with Gasteiger partial charge in [-0.25, -0.2) is 4.79 Å². The lowest BCUT2D eigenvalue weighted by Crippen LogP contribution is -2.14. The molecule has 6 nitrogen and oxygen atoms in total. The normalized spacial score (nSPS) is 12.1. The first kappa shape index (κ1) is 15.2. The van der Waals surface area contributed by atoms with Gasteiger partial charge >= 0.3 is 5.97 Å². The van der Waals surface area contributed by atoms with Crippen molar-refractivity contribution in [3.8, 4) is 0 Å². The molecule has 2 rings (SSSR count). The van der Waals surface area contributed by atoms with Crippen molar-refractivity contribution in [2.45, 2.75) is 33.1 Å². The Kier molecular flexibility index (Phi) is 4.42. The van der Waals surface area contributed by atoms with Crippen molar-refractivity contribution in [3.63, 3.8) is 0 Å². The van der Waals surface area contributed by atoms with E-state index in [0.717, 1.165) is 17.0 Å². The number of thiophene rings is 1. The molecule has 7 heteroatoms. The minimum Gasteiger partial charge on any atom is -0.478 e. The second kappa shape index (κ2) is 6.09. The third-order valence-corrected chi connectivity index (χ3v) is 4.03. The summed E-state index contributed by atoms with van der Waals surface area (Å²) < 4.78 is 5.10. The molecule has 1 unspecified atom stereocenters. The number of hydrogen-bond donors (Lipinski definition) is 2. The first-order valence-electron chi connectivity index (χ1n) is 6.43. The number of aryl methyl sites for hydroxylation is 2. The van der Waals surface area contributed by atoms with Crippen molar-refractivity contribution in [2.24, 2.45) is 0 Å². The van der Waals surface area contributed by atoms with E-state index in [-0.39, 0.29) is 23.8 Å². The van der Waals surface area contributed by atoms with Gasteiger partial charge in [0.2, 0.25) is 5.91 Å². The van der Waals surface area contributed by atoms with Crippen LogP contribution in [-0.4, -0.2) is 22.1 Å². The summed E-state index contributed by atoms with van der Waals surface area (Å²) in [7, 11) is 0. The predicted octanol–water partition coefficient (Wildman–Crippen LogP) is 3.18. The molecule has 2 N–H and O–H groups in total. The first-order chi connectivity index (χ1) is 9.88. The van der Waals surface area contributed by atoms with Gasteiger partial charge in [0.05, 0.1) is 16.3 Å². The second-order valence-electron chi connectivity index (χ2n) is 4.90. The number of carbonyl (C=O) groups excluding carboxylic acids is 1. The molecule has 0 aliphatic rings. The first-order valence-corrected chi connectivity index (χ1v) is 7.31. The lowest BCUT2D eigenvalue weighted by atomic mass is 9.96. The fraction of sp³-hybridized carbons (Fsp3) is 0.357. The van der Waals surface area contributed by atoms with Crippen molar-refractivity contribution in [1.29, 1.82) is 0 Å². The monoisotopic (exact) mass is 308 g/mol. The molecule has 112 valence electrons. The summed E-state index contributed by atoms with van der Waals surface area (Å²) in [5, 5.41) is 17.5. The van der Waals surface area contributed by atoms with Gasteiger partial charge in [0.15, 0.2) is 0 Å². The topological polar surface area (TPSA) is 92.4 Å². The van der Waals surface area contributed by atoms with Gasteiger partial charge in [-0.2, -0.15) is 0 Å². The third-order valence-electron chi connectivity index (χ3n) is 3.18. The van der Waals surface area contributed by atoms with Crippen LogP contribution in [-0.2, 0) is 4.79 Å². The molecule has 1 atom stereocenters. The van der Waals surface area contributed by atoms with Crippen LogP contribution in [0.15, 0.2) is 16.0 Å². The zero-order valence-corrected chi connectivity index (χ0v) is 12.8. The highest BCUT2D eigenvalue weighted by Crippen LogP contribution is 2.27. The molecule has 2 aromatic rings. The van der Waals surface area contributed by atoms with Crippen molar-refractivity contribution in [1.82, 2.24) is 5.16 Å². The highest BCUT2D eigenvalue weighted by molar-refractivity contribution is 7.14. The van der Waals surface area contributed by atoms with Crippen LogP contribution in [0.3, 0.4) is 0 Å². The number of carbonyl (C=O) groups is 2. The lowest BCUT2D eigenvalue weighted by Gasteiger charge is -2.10. The molecular formula is C14H16N2O4S. The van der Waals surface area contributed by atoms with Crippen LogP contribution in [0.25, 0.3) is 0 Å². The minimum atomic E-state index is -1.00. The minimum absolute atomic E-state index is 0.0184. The highest BCUT2D eigenvalue weighted by Gasteiger charge is 2.19. The summed E-state index contributed by atoms with van der Waals surface area (Å²) in [5.74, 6) is -0.468. The Morgan fingerprint density at radius 2 is 2.19 bits per heavy atom. The third kappa shape index (κ3) is 3.49. The Balaban J connectivity index is 1.99. The van der Waals surface area contributed by atoms with E-state index in [0.29, 0.717) is 5.00 Å². The maximum Gasteiger partial charge on any atom is 0.336 e. The number of anilines is 1. The summed E-state index contributed by atoms with van der Waals surface area (Å²) in [6, 6.07) is 1.45. The van der Waals surface area contributed by atoms with Gasteiger partial charge in [-0.15, -0.1) is 11.3 Å². The maximum absolute atomic E-state index is 12.0. The summed E-state index contributed by atoms with van der Waals surface area (Å²) in [6.07, 6.45) is 0.281. The molecular weight excluding hydrogens is 292 g/mol. The van der Waals surface area contributed by atoms with Gasteiger partial charge < -0.3 is 14.9 Å². The number of rotatable bonds is 5. The molecule has 0 spiro atoms. The predicted molar refractivity (Wildman–Crippen MR) is 78.9 cm³/mol. The molecule has 1 amide bonds. The quantitative estimate of drug-likeness (QED) is 0.885. The molecule has 2 heterocycles. The van der Waals surface area contributed by atoms with E-state index in [4.69, 9.17) is 9.63 Å². The summed E-state index contributed by atoms with van der Waals surface area (Å²) in [4.78, 5) is 22.8. The van der Waals surface area contributed by atoms with Crippen molar-refractivity contribution in [2.75, 3.05) is 5.32 Å². The summed E-state index contributed by atoms with van der Waals surface area (Å²) in [6.45, 7) is 5.60. The van der Waals surface area contributed by atoms with Crippen LogP contribution in [0.1, 0.15) is 46.6 Å². The molecule has 2 aromatic heterocycles. The number of carboxylic acid groups (broad SMARTS) is 1. The Labute approximate surface area is 125 Å². The van der Waals surface area contributed by atoms with Gasteiger partial charge in [0.1, 0.15) is 5.76 Å². The van der Waals surface area contributed by atoms with Crippen LogP contribution < -0.4 is 5.32 Å². The van der Waals surface area contributed by atoms with Crippen LogP contribution in [0.4, 0.5) is 5.00 Å². The van der Waals surface area contributed by atoms with E-state index in [1.54, 1.807) is 0 Å². The molecule has 0 aromatic carbocycles. The number of nitrogens with zero attached hydrogens (tertiary/aromatic N) is 1. The van der Waals surface area contributed by atoms with E-state index >= 15 is 0 Å². The maximum atomic E-state index is 12.0. The van der Waals surface area contributed by atoms with Crippen LogP contribution in [0.5, 0.6) is 0 Å². The molecule has 0 bridgehead atoms. The summed E-state index contributed by atoms with van der Waals surface area (Å²) in [5.41, 5.74) is 1.91. The largest absolute Gasteiger partial charge is 0.478 e. The number of amides is 1. The zero-order valence-electron chi connectivity index (χ0n) is 12.0. The van der Waals surface area contributed by atoms with Crippen molar-refractivity contribution >= 4 is 28.2 Å². The van der Waals surface area contributed by atoms with E-state index < -0.39 is 5.97 Å². The van der Waals surface area contributed by atoms with E-state index in [2.05, 4.69) is 10.5 Å². The van der Waals surface area contributed by atoms with E-state index in [1.165, 1.54) is 22.8 Å². The van der Waals surface area contributed by atoms with Crippen LogP contribution in [0, 0.1) is 13.8 Å². The number of nitrogens with one attached hydrogen (secondary N) is 1. The Bertz CT molecular complexity index is 655. The van der Waals surface area contributed by atoms with Gasteiger partial charge in [0, 0.05) is 17.4 Å². The highest BCUT2D eigenvalue weighted by atomic mass is 32.1. The number of aromatic nitrogens is 1. The van der Waals surface area contributed by atoms with Crippen molar-refractivity contribution < 1.29 is 19.2 Å². The molecule has 0 saturated carbocycles. The van der Waals surface area contributed by atoms with Crippen molar-refractivity contribution in [3.05, 3.63) is 34.0 Å². The van der Waals surface area contributed by atoms with Gasteiger partial charge in [-0.3, -0.25) is 4.79 Å². The number of aromatic carboxylic acids is 1. The fourth-order valence-electron chi connectivity index (χ4n) is 2.28. The molecule has 0 saturated heterocycles. The average Bonchev–Trinajstić information content (AvgIpc) is 2.96. The van der Waals surface area contributed by atoms with Gasteiger partial charge in [-0.1, -0.05) is 12.1 Å². The lowest BCUT2D eigenvalue weighted by molar-refractivity contribution is -0.116. The SMILES string of the molecule is Cc1noc(C)c1C(C)CC(=O)Nc1cc(C(=O)O)cs1. The second-order valence-corrected chi connectivity index (χ2v) is 5.81. The Morgan fingerprint density at radius 1 is 1.48 bits per heavy atom.